The summed E-state index contributed by atoms with van der Waals surface area (Å²) in [7, 11) is 0. The zero-order valence-electron chi connectivity index (χ0n) is 11.0. The van der Waals surface area contributed by atoms with Crippen molar-refractivity contribution >= 4 is 0 Å². The zero-order valence-corrected chi connectivity index (χ0v) is 11.0. The summed E-state index contributed by atoms with van der Waals surface area (Å²) in [5.41, 5.74) is 1.36. The molecule has 0 heterocycles. The molecule has 0 amide bonds. The normalized spacial score (nSPS) is 13.9. The fourth-order valence-electron chi connectivity index (χ4n) is 2.45. The first kappa shape index (κ1) is 13.8. The van der Waals surface area contributed by atoms with Crippen LogP contribution in [0, 0.1) is 23.2 Å². The van der Waals surface area contributed by atoms with Gasteiger partial charge in [0.05, 0.1) is 6.07 Å². The topological polar surface area (TPSA) is 23.8 Å². The van der Waals surface area contributed by atoms with Gasteiger partial charge in [0.1, 0.15) is 0 Å². The fraction of sp³-hybridized carbons (Fsp3) is 0.562. The zero-order chi connectivity index (χ0) is 12.5. The maximum absolute atomic E-state index is 9.28. The third-order valence-corrected chi connectivity index (χ3v) is 3.33. The van der Waals surface area contributed by atoms with Gasteiger partial charge in [-0.1, -0.05) is 57.0 Å². The minimum Gasteiger partial charge on any atom is -0.198 e. The first-order chi connectivity index (χ1) is 8.31. The number of nitrogens with zero attached hydrogens (tertiary/aromatic N) is 1. The van der Waals surface area contributed by atoms with E-state index in [0.717, 1.165) is 25.7 Å². The van der Waals surface area contributed by atoms with Gasteiger partial charge in [0.25, 0.3) is 0 Å². The van der Waals surface area contributed by atoms with E-state index in [1.54, 1.807) is 0 Å². The third kappa shape index (κ3) is 4.61. The lowest BCUT2D eigenvalue weighted by molar-refractivity contribution is 0.350. The molecule has 0 spiro atoms. The Hall–Kier alpha value is -1.29. The van der Waals surface area contributed by atoms with Gasteiger partial charge in [-0.25, -0.2) is 0 Å². The van der Waals surface area contributed by atoms with Gasteiger partial charge in [0.2, 0.25) is 0 Å². The van der Waals surface area contributed by atoms with E-state index in [-0.39, 0.29) is 5.92 Å². The monoisotopic (exact) mass is 229 g/mol. The van der Waals surface area contributed by atoms with E-state index in [1.807, 2.05) is 6.07 Å². The van der Waals surface area contributed by atoms with E-state index < -0.39 is 0 Å². The standard InChI is InChI=1S/C16H23N/c1-3-8-15(16(13-17)9-4-2)12-14-10-6-5-7-11-14/h5-7,10-11,15-16H,3-4,8-9,12H2,1-2H3. The average molecular weight is 229 g/mol. The van der Waals surface area contributed by atoms with Crippen LogP contribution in [0.15, 0.2) is 30.3 Å². The second kappa shape index (κ2) is 7.90. The molecule has 1 rings (SSSR count). The molecule has 92 valence electrons. The van der Waals surface area contributed by atoms with Gasteiger partial charge in [-0.3, -0.25) is 0 Å². The highest BCUT2D eigenvalue weighted by Gasteiger charge is 2.19. The molecule has 0 aromatic heterocycles. The van der Waals surface area contributed by atoms with Crippen molar-refractivity contribution in [2.24, 2.45) is 11.8 Å². The molecule has 0 aliphatic carbocycles. The molecule has 0 N–H and O–H groups in total. The van der Waals surface area contributed by atoms with Gasteiger partial charge in [-0.15, -0.1) is 0 Å². The van der Waals surface area contributed by atoms with Crippen LogP contribution in [-0.4, -0.2) is 0 Å². The fourth-order valence-corrected chi connectivity index (χ4v) is 2.45. The van der Waals surface area contributed by atoms with Crippen LogP contribution >= 0.6 is 0 Å². The van der Waals surface area contributed by atoms with Crippen molar-refractivity contribution in [3.63, 3.8) is 0 Å². The molecule has 0 bridgehead atoms. The Morgan fingerprint density at radius 1 is 1.06 bits per heavy atom. The molecule has 2 atom stereocenters. The largest absolute Gasteiger partial charge is 0.198 e. The molecule has 0 saturated heterocycles. The van der Waals surface area contributed by atoms with Crippen LogP contribution in [0.5, 0.6) is 0 Å². The molecule has 17 heavy (non-hydrogen) atoms. The second-order valence-corrected chi connectivity index (χ2v) is 4.76. The van der Waals surface area contributed by atoms with Crippen molar-refractivity contribution in [2.75, 3.05) is 0 Å². The predicted octanol–water partition coefficient (Wildman–Crippen LogP) is 4.59. The van der Waals surface area contributed by atoms with Crippen molar-refractivity contribution in [3.8, 4) is 6.07 Å². The molecule has 0 aliphatic rings. The van der Waals surface area contributed by atoms with Crippen molar-refractivity contribution in [3.05, 3.63) is 35.9 Å². The summed E-state index contributed by atoms with van der Waals surface area (Å²) < 4.78 is 0. The summed E-state index contributed by atoms with van der Waals surface area (Å²) in [6.45, 7) is 4.37. The number of benzene rings is 1. The van der Waals surface area contributed by atoms with E-state index in [1.165, 1.54) is 12.0 Å². The molecule has 1 aromatic rings. The Bertz CT molecular complexity index is 336. The van der Waals surface area contributed by atoms with Crippen LogP contribution in [-0.2, 0) is 6.42 Å². The van der Waals surface area contributed by atoms with Crippen molar-refractivity contribution in [1.82, 2.24) is 0 Å². The molecule has 1 heteroatoms. The van der Waals surface area contributed by atoms with Crippen LogP contribution in [0.25, 0.3) is 0 Å². The van der Waals surface area contributed by atoms with Crippen molar-refractivity contribution in [1.29, 1.82) is 5.26 Å². The van der Waals surface area contributed by atoms with Gasteiger partial charge in [-0.05, 0) is 30.7 Å². The van der Waals surface area contributed by atoms with Crippen molar-refractivity contribution in [2.45, 2.75) is 46.0 Å². The van der Waals surface area contributed by atoms with Crippen molar-refractivity contribution < 1.29 is 0 Å². The maximum Gasteiger partial charge on any atom is 0.0658 e. The second-order valence-electron chi connectivity index (χ2n) is 4.76. The molecule has 0 aliphatic heterocycles. The number of hydrogen-bond donors (Lipinski definition) is 0. The molecule has 0 saturated carbocycles. The molecule has 1 nitrogen and oxygen atoms in total. The van der Waals surface area contributed by atoms with Crippen LogP contribution in [0.3, 0.4) is 0 Å². The summed E-state index contributed by atoms with van der Waals surface area (Å²) in [4.78, 5) is 0. The van der Waals surface area contributed by atoms with Gasteiger partial charge in [0.15, 0.2) is 0 Å². The quantitative estimate of drug-likeness (QED) is 0.671. The smallest absolute Gasteiger partial charge is 0.0658 e. The minimum absolute atomic E-state index is 0.222. The highest BCUT2D eigenvalue weighted by atomic mass is 14.3. The Balaban J connectivity index is 2.68. The Labute approximate surface area is 105 Å². The number of nitriles is 1. The SMILES string of the molecule is CCCC(C#N)C(CCC)Cc1ccccc1. The Morgan fingerprint density at radius 2 is 1.71 bits per heavy atom. The summed E-state index contributed by atoms with van der Waals surface area (Å²) >= 11 is 0. The molecule has 0 radical (unpaired) electrons. The molecule has 1 aromatic carbocycles. The highest BCUT2D eigenvalue weighted by molar-refractivity contribution is 5.15. The molecular weight excluding hydrogens is 206 g/mol. The summed E-state index contributed by atoms with van der Waals surface area (Å²) in [5.74, 6) is 0.743. The first-order valence-corrected chi connectivity index (χ1v) is 6.75. The third-order valence-electron chi connectivity index (χ3n) is 3.33. The van der Waals surface area contributed by atoms with E-state index >= 15 is 0 Å². The molecule has 2 unspecified atom stereocenters. The molecular formula is C16H23N. The molecule has 0 fully saturated rings. The number of rotatable bonds is 7. The maximum atomic E-state index is 9.28. The lowest BCUT2D eigenvalue weighted by atomic mass is 9.82. The van der Waals surface area contributed by atoms with Gasteiger partial charge >= 0.3 is 0 Å². The van der Waals surface area contributed by atoms with Gasteiger partial charge in [0, 0.05) is 5.92 Å². The van der Waals surface area contributed by atoms with Crippen LogP contribution in [0.2, 0.25) is 0 Å². The van der Waals surface area contributed by atoms with E-state index in [2.05, 4.69) is 44.2 Å². The van der Waals surface area contributed by atoms with E-state index in [9.17, 15) is 5.26 Å². The minimum atomic E-state index is 0.222. The predicted molar refractivity (Wildman–Crippen MR) is 72.6 cm³/mol. The van der Waals surface area contributed by atoms with Crippen LogP contribution < -0.4 is 0 Å². The lowest BCUT2D eigenvalue weighted by Crippen LogP contribution is -2.16. The average Bonchev–Trinajstić information content (AvgIpc) is 2.37. The van der Waals surface area contributed by atoms with E-state index in [4.69, 9.17) is 0 Å². The van der Waals surface area contributed by atoms with Gasteiger partial charge < -0.3 is 0 Å². The summed E-state index contributed by atoms with van der Waals surface area (Å²) in [5, 5.41) is 9.28. The summed E-state index contributed by atoms with van der Waals surface area (Å²) in [6, 6.07) is 13.1. The number of hydrogen-bond acceptors (Lipinski definition) is 1. The van der Waals surface area contributed by atoms with Crippen LogP contribution in [0.4, 0.5) is 0 Å². The first-order valence-electron chi connectivity index (χ1n) is 6.75. The van der Waals surface area contributed by atoms with Gasteiger partial charge in [-0.2, -0.15) is 5.26 Å². The Morgan fingerprint density at radius 3 is 2.24 bits per heavy atom. The van der Waals surface area contributed by atoms with Crippen LogP contribution in [0.1, 0.15) is 45.1 Å². The Kier molecular flexibility index (Phi) is 6.40. The highest BCUT2D eigenvalue weighted by Crippen LogP contribution is 2.25. The van der Waals surface area contributed by atoms with E-state index in [0.29, 0.717) is 5.92 Å². The lowest BCUT2D eigenvalue weighted by Gasteiger charge is -2.21. The summed E-state index contributed by atoms with van der Waals surface area (Å²) in [6.07, 6.45) is 5.51.